The summed E-state index contributed by atoms with van der Waals surface area (Å²) in [4.78, 5) is 0. The lowest BCUT2D eigenvalue weighted by molar-refractivity contribution is 0.0505. The van der Waals surface area contributed by atoms with Crippen LogP contribution in [0, 0.1) is 0 Å². The van der Waals surface area contributed by atoms with Crippen LogP contribution in [0.4, 0.5) is 0 Å². The molecule has 0 saturated carbocycles. The van der Waals surface area contributed by atoms with Gasteiger partial charge in [0.2, 0.25) is 0 Å². The first-order valence-electron chi connectivity index (χ1n) is 4.78. The van der Waals surface area contributed by atoms with Crippen molar-refractivity contribution in [3.63, 3.8) is 0 Å². The molecule has 0 aromatic carbocycles. The van der Waals surface area contributed by atoms with E-state index in [2.05, 4.69) is 38.3 Å². The van der Waals surface area contributed by atoms with Crippen LogP contribution in [0.2, 0.25) is 0 Å². The average molecular weight is 188 g/mol. The average Bonchev–Trinajstić information content (AvgIpc) is 2.04. The van der Waals surface area contributed by atoms with Gasteiger partial charge in [0.25, 0.3) is 0 Å². The second-order valence-corrected chi connectivity index (χ2v) is 4.76. The first kappa shape index (κ1) is 12.9. The molecule has 80 valence electrons. The predicted octanol–water partition coefficient (Wildman–Crippen LogP) is 0.999. The van der Waals surface area contributed by atoms with E-state index in [0.717, 1.165) is 13.2 Å². The van der Waals surface area contributed by atoms with Gasteiger partial charge < -0.3 is 15.4 Å². The van der Waals surface area contributed by atoms with Crippen LogP contribution < -0.4 is 10.6 Å². The van der Waals surface area contributed by atoms with E-state index >= 15 is 0 Å². The summed E-state index contributed by atoms with van der Waals surface area (Å²) >= 11 is 0. The zero-order valence-electron chi connectivity index (χ0n) is 9.82. The maximum Gasteiger partial charge on any atom is 0.0643 e. The second kappa shape index (κ2) is 4.94. The van der Waals surface area contributed by atoms with Crippen LogP contribution in [-0.4, -0.2) is 38.4 Å². The van der Waals surface area contributed by atoms with Crippen molar-refractivity contribution in [2.45, 2.75) is 38.8 Å². The van der Waals surface area contributed by atoms with Crippen LogP contribution in [0.25, 0.3) is 0 Å². The molecule has 0 aromatic heterocycles. The van der Waals surface area contributed by atoms with Crippen molar-refractivity contribution in [3.05, 3.63) is 0 Å². The summed E-state index contributed by atoms with van der Waals surface area (Å²) in [5, 5.41) is 6.40. The molecule has 2 N–H and O–H groups in total. The third-order valence-electron chi connectivity index (χ3n) is 2.28. The smallest absolute Gasteiger partial charge is 0.0643 e. The van der Waals surface area contributed by atoms with E-state index in [1.54, 1.807) is 0 Å². The highest BCUT2D eigenvalue weighted by Gasteiger charge is 2.19. The minimum atomic E-state index is 0.0593. The Kier molecular flexibility index (Phi) is 4.89. The van der Waals surface area contributed by atoms with Crippen molar-refractivity contribution in [2.24, 2.45) is 0 Å². The summed E-state index contributed by atoms with van der Waals surface area (Å²) in [7, 11) is 3.90. The van der Waals surface area contributed by atoms with E-state index in [9.17, 15) is 0 Å². The van der Waals surface area contributed by atoms with E-state index in [0.29, 0.717) is 0 Å². The topological polar surface area (TPSA) is 33.3 Å². The first-order valence-corrected chi connectivity index (χ1v) is 4.78. The maximum atomic E-state index is 5.62. The Hall–Kier alpha value is -0.120. The number of hydrogen-bond donors (Lipinski definition) is 2. The van der Waals surface area contributed by atoms with Crippen molar-refractivity contribution in [1.29, 1.82) is 0 Å². The molecule has 3 heteroatoms. The van der Waals surface area contributed by atoms with E-state index in [1.165, 1.54) is 0 Å². The van der Waals surface area contributed by atoms with Crippen molar-refractivity contribution in [1.82, 2.24) is 10.6 Å². The SMILES string of the molecule is CNC(C)(C)COCC(C)(C)NC. The molecule has 0 aliphatic carbocycles. The molecule has 13 heavy (non-hydrogen) atoms. The fourth-order valence-electron chi connectivity index (χ4n) is 0.706. The molecular weight excluding hydrogens is 164 g/mol. The summed E-state index contributed by atoms with van der Waals surface area (Å²) in [6.45, 7) is 9.96. The molecule has 3 nitrogen and oxygen atoms in total. The van der Waals surface area contributed by atoms with Gasteiger partial charge in [0, 0.05) is 11.1 Å². The van der Waals surface area contributed by atoms with Gasteiger partial charge in [-0.1, -0.05) is 0 Å². The second-order valence-electron chi connectivity index (χ2n) is 4.76. The maximum absolute atomic E-state index is 5.62. The Morgan fingerprint density at radius 1 is 0.846 bits per heavy atom. The predicted molar refractivity (Wildman–Crippen MR) is 57.1 cm³/mol. The van der Waals surface area contributed by atoms with Crippen LogP contribution >= 0.6 is 0 Å². The van der Waals surface area contributed by atoms with Crippen LogP contribution in [0.15, 0.2) is 0 Å². The molecule has 0 bridgehead atoms. The molecule has 0 heterocycles. The van der Waals surface area contributed by atoms with Gasteiger partial charge in [0.05, 0.1) is 13.2 Å². The van der Waals surface area contributed by atoms with Crippen molar-refractivity contribution in [2.75, 3.05) is 27.3 Å². The van der Waals surface area contributed by atoms with Crippen LogP contribution in [-0.2, 0) is 4.74 Å². The standard InChI is InChI=1S/C10H24N2O/c1-9(2,11-5)7-13-8-10(3,4)12-6/h11-12H,7-8H2,1-6H3. The minimum Gasteiger partial charge on any atom is -0.378 e. The van der Waals surface area contributed by atoms with Crippen LogP contribution in [0.1, 0.15) is 27.7 Å². The molecule has 0 atom stereocenters. The Labute approximate surface area is 82.2 Å². The Morgan fingerprint density at radius 2 is 1.15 bits per heavy atom. The molecule has 0 saturated heterocycles. The Bertz CT molecular complexity index is 128. The van der Waals surface area contributed by atoms with Gasteiger partial charge in [0.1, 0.15) is 0 Å². The lowest BCUT2D eigenvalue weighted by Crippen LogP contribution is -2.45. The molecule has 0 aromatic rings. The number of rotatable bonds is 6. The minimum absolute atomic E-state index is 0.0593. The molecular formula is C10H24N2O. The molecule has 0 rings (SSSR count). The zero-order valence-corrected chi connectivity index (χ0v) is 9.82. The van der Waals surface area contributed by atoms with Gasteiger partial charge in [-0.15, -0.1) is 0 Å². The van der Waals surface area contributed by atoms with E-state index in [1.807, 2.05) is 14.1 Å². The van der Waals surface area contributed by atoms with Gasteiger partial charge in [0.15, 0.2) is 0 Å². The third-order valence-corrected chi connectivity index (χ3v) is 2.28. The molecule has 0 radical (unpaired) electrons. The summed E-state index contributed by atoms with van der Waals surface area (Å²) < 4.78 is 5.62. The Morgan fingerprint density at radius 3 is 1.38 bits per heavy atom. The van der Waals surface area contributed by atoms with E-state index in [-0.39, 0.29) is 11.1 Å². The molecule has 0 aliphatic heterocycles. The Balaban J connectivity index is 3.68. The number of ether oxygens (including phenoxy) is 1. The highest BCUT2D eigenvalue weighted by molar-refractivity contribution is 4.78. The highest BCUT2D eigenvalue weighted by Crippen LogP contribution is 2.05. The van der Waals surface area contributed by atoms with E-state index in [4.69, 9.17) is 4.74 Å². The quantitative estimate of drug-likeness (QED) is 0.652. The number of nitrogens with one attached hydrogen (secondary N) is 2. The molecule has 0 unspecified atom stereocenters. The third kappa shape index (κ3) is 6.02. The number of likely N-dealkylation sites (N-methyl/N-ethyl adjacent to an activating group) is 2. The first-order chi connectivity index (χ1) is 5.83. The fraction of sp³-hybridized carbons (Fsp3) is 1.00. The molecule has 0 fully saturated rings. The van der Waals surface area contributed by atoms with Crippen LogP contribution in [0.5, 0.6) is 0 Å². The summed E-state index contributed by atoms with van der Waals surface area (Å²) in [6, 6.07) is 0. The van der Waals surface area contributed by atoms with Gasteiger partial charge >= 0.3 is 0 Å². The lowest BCUT2D eigenvalue weighted by atomic mass is 10.1. The fourth-order valence-corrected chi connectivity index (χ4v) is 0.706. The van der Waals surface area contributed by atoms with Crippen molar-refractivity contribution in [3.8, 4) is 0 Å². The van der Waals surface area contributed by atoms with Gasteiger partial charge in [-0.2, -0.15) is 0 Å². The van der Waals surface area contributed by atoms with E-state index < -0.39 is 0 Å². The van der Waals surface area contributed by atoms with Crippen LogP contribution in [0.3, 0.4) is 0 Å². The normalized spacial score (nSPS) is 13.4. The van der Waals surface area contributed by atoms with Gasteiger partial charge in [-0.3, -0.25) is 0 Å². The van der Waals surface area contributed by atoms with Crippen molar-refractivity contribution >= 4 is 0 Å². The van der Waals surface area contributed by atoms with Gasteiger partial charge in [-0.25, -0.2) is 0 Å². The summed E-state index contributed by atoms with van der Waals surface area (Å²) in [5.41, 5.74) is 0.119. The monoisotopic (exact) mass is 188 g/mol. The lowest BCUT2D eigenvalue weighted by Gasteiger charge is -2.28. The number of hydrogen-bond acceptors (Lipinski definition) is 3. The summed E-state index contributed by atoms with van der Waals surface area (Å²) in [6.07, 6.45) is 0. The van der Waals surface area contributed by atoms with Crippen molar-refractivity contribution < 1.29 is 4.74 Å². The molecule has 0 amide bonds. The molecule has 0 aliphatic rings. The highest BCUT2D eigenvalue weighted by atomic mass is 16.5. The largest absolute Gasteiger partial charge is 0.378 e. The zero-order chi connectivity index (χ0) is 10.5. The summed E-state index contributed by atoms with van der Waals surface area (Å²) in [5.74, 6) is 0. The molecule has 0 spiro atoms. The van der Waals surface area contributed by atoms with Gasteiger partial charge in [-0.05, 0) is 41.8 Å².